The highest BCUT2D eigenvalue weighted by molar-refractivity contribution is 4.73. The minimum Gasteiger partial charge on any atom is -0.396 e. The number of rotatable bonds is 4. The van der Waals surface area contributed by atoms with Crippen LogP contribution >= 0.6 is 0 Å². The highest BCUT2D eigenvalue weighted by Gasteiger charge is 2.20. The molecular weight excluding hydrogens is 162 g/mol. The second-order valence-electron chi connectivity index (χ2n) is 4.26. The van der Waals surface area contributed by atoms with E-state index in [1.54, 1.807) is 0 Å². The van der Waals surface area contributed by atoms with E-state index in [2.05, 4.69) is 0 Å². The van der Waals surface area contributed by atoms with Crippen molar-refractivity contribution in [1.82, 2.24) is 0 Å². The van der Waals surface area contributed by atoms with E-state index < -0.39 is 0 Å². The Morgan fingerprint density at radius 3 is 2.23 bits per heavy atom. The van der Waals surface area contributed by atoms with Crippen LogP contribution in [-0.4, -0.2) is 18.3 Å². The summed E-state index contributed by atoms with van der Waals surface area (Å²) < 4.78 is 0. The number of hydrogen-bond acceptors (Lipinski definition) is 2. The molecule has 78 valence electrons. The highest BCUT2D eigenvalue weighted by atomic mass is 16.3. The maximum absolute atomic E-state index is 8.91. The third-order valence-corrected chi connectivity index (χ3v) is 3.37. The van der Waals surface area contributed by atoms with Gasteiger partial charge in [-0.3, -0.25) is 0 Å². The lowest BCUT2D eigenvalue weighted by Gasteiger charge is -2.23. The van der Waals surface area contributed by atoms with Gasteiger partial charge in [0.2, 0.25) is 0 Å². The smallest absolute Gasteiger partial charge is 0.0434 e. The summed E-state index contributed by atoms with van der Waals surface area (Å²) in [4.78, 5) is 0. The molecule has 1 aliphatic carbocycles. The lowest BCUT2D eigenvalue weighted by Crippen LogP contribution is -2.24. The maximum Gasteiger partial charge on any atom is 0.0434 e. The first-order valence-electron chi connectivity index (χ1n) is 5.69. The van der Waals surface area contributed by atoms with Crippen molar-refractivity contribution in [1.29, 1.82) is 0 Å². The van der Waals surface area contributed by atoms with Gasteiger partial charge in [-0.25, -0.2) is 0 Å². The lowest BCUT2D eigenvalue weighted by atomic mass is 9.84. The minimum absolute atomic E-state index is 0.304. The van der Waals surface area contributed by atoms with Crippen LogP contribution in [0.1, 0.15) is 44.9 Å². The summed E-state index contributed by atoms with van der Waals surface area (Å²) in [5.74, 6) is 1.36. The standard InChI is InChI=1S/C11H23NO/c12-9-11(7-8-13)10-5-3-1-2-4-6-10/h10-11,13H,1-9,12H2. The van der Waals surface area contributed by atoms with E-state index in [4.69, 9.17) is 10.8 Å². The molecule has 13 heavy (non-hydrogen) atoms. The summed E-state index contributed by atoms with van der Waals surface area (Å²) in [5.41, 5.74) is 5.73. The molecule has 0 radical (unpaired) electrons. The predicted molar refractivity (Wildman–Crippen MR) is 55.4 cm³/mol. The molecule has 0 aromatic rings. The summed E-state index contributed by atoms with van der Waals surface area (Å²) in [5, 5.41) is 8.91. The van der Waals surface area contributed by atoms with Crippen molar-refractivity contribution in [3.8, 4) is 0 Å². The van der Waals surface area contributed by atoms with Crippen LogP contribution in [-0.2, 0) is 0 Å². The Morgan fingerprint density at radius 2 is 1.77 bits per heavy atom. The fourth-order valence-electron chi connectivity index (χ4n) is 2.49. The van der Waals surface area contributed by atoms with E-state index in [-0.39, 0.29) is 0 Å². The van der Waals surface area contributed by atoms with Crippen LogP contribution in [0.25, 0.3) is 0 Å². The molecule has 3 N–H and O–H groups in total. The van der Waals surface area contributed by atoms with Gasteiger partial charge in [0, 0.05) is 6.61 Å². The van der Waals surface area contributed by atoms with Gasteiger partial charge in [0.1, 0.15) is 0 Å². The molecule has 1 saturated carbocycles. The first-order valence-corrected chi connectivity index (χ1v) is 5.69. The van der Waals surface area contributed by atoms with Gasteiger partial charge in [-0.1, -0.05) is 38.5 Å². The zero-order valence-corrected chi connectivity index (χ0v) is 8.54. The molecule has 0 spiro atoms. The second kappa shape index (κ2) is 6.39. The fraction of sp³-hybridized carbons (Fsp3) is 1.00. The van der Waals surface area contributed by atoms with E-state index in [0.29, 0.717) is 12.5 Å². The van der Waals surface area contributed by atoms with E-state index in [0.717, 1.165) is 18.9 Å². The lowest BCUT2D eigenvalue weighted by molar-refractivity contribution is 0.211. The van der Waals surface area contributed by atoms with Crippen molar-refractivity contribution in [2.75, 3.05) is 13.2 Å². The fourth-order valence-corrected chi connectivity index (χ4v) is 2.49. The van der Waals surface area contributed by atoms with Crippen molar-refractivity contribution >= 4 is 0 Å². The maximum atomic E-state index is 8.91. The van der Waals surface area contributed by atoms with E-state index in [1.807, 2.05) is 0 Å². The predicted octanol–water partition coefficient (Wildman–Crippen LogP) is 1.91. The first kappa shape index (κ1) is 11.0. The quantitative estimate of drug-likeness (QED) is 0.657. The minimum atomic E-state index is 0.304. The summed E-state index contributed by atoms with van der Waals surface area (Å²) in [6.45, 7) is 1.06. The van der Waals surface area contributed by atoms with Crippen LogP contribution in [0.3, 0.4) is 0 Å². The second-order valence-corrected chi connectivity index (χ2v) is 4.26. The molecule has 1 atom stereocenters. The monoisotopic (exact) mass is 185 g/mol. The largest absolute Gasteiger partial charge is 0.396 e. The molecule has 1 fully saturated rings. The molecule has 1 aliphatic rings. The van der Waals surface area contributed by atoms with Gasteiger partial charge < -0.3 is 10.8 Å². The Balaban J connectivity index is 2.35. The molecule has 2 nitrogen and oxygen atoms in total. The van der Waals surface area contributed by atoms with Crippen LogP contribution in [0, 0.1) is 11.8 Å². The topological polar surface area (TPSA) is 46.2 Å². The van der Waals surface area contributed by atoms with Crippen molar-refractivity contribution in [3.63, 3.8) is 0 Å². The Hall–Kier alpha value is -0.0800. The summed E-state index contributed by atoms with van der Waals surface area (Å²) in [6.07, 6.45) is 9.10. The Morgan fingerprint density at radius 1 is 1.15 bits per heavy atom. The van der Waals surface area contributed by atoms with Gasteiger partial charge in [0.25, 0.3) is 0 Å². The van der Waals surface area contributed by atoms with E-state index >= 15 is 0 Å². The third kappa shape index (κ3) is 3.65. The van der Waals surface area contributed by atoms with Crippen LogP contribution in [0.15, 0.2) is 0 Å². The average Bonchev–Trinajstić information content (AvgIpc) is 2.42. The highest BCUT2D eigenvalue weighted by Crippen LogP contribution is 2.29. The molecule has 0 aromatic heterocycles. The molecule has 0 aromatic carbocycles. The molecule has 0 saturated heterocycles. The average molecular weight is 185 g/mol. The van der Waals surface area contributed by atoms with Crippen LogP contribution < -0.4 is 5.73 Å². The molecular formula is C11H23NO. The zero-order valence-electron chi connectivity index (χ0n) is 8.54. The molecule has 1 rings (SSSR count). The third-order valence-electron chi connectivity index (χ3n) is 3.37. The van der Waals surface area contributed by atoms with Gasteiger partial charge in [-0.05, 0) is 24.8 Å². The van der Waals surface area contributed by atoms with Gasteiger partial charge in [0.05, 0.1) is 0 Å². The van der Waals surface area contributed by atoms with Crippen LogP contribution in [0.5, 0.6) is 0 Å². The molecule has 0 amide bonds. The summed E-state index contributed by atoms with van der Waals surface area (Å²) in [7, 11) is 0. The Bertz CT molecular complexity index is 119. The van der Waals surface area contributed by atoms with Crippen molar-refractivity contribution in [2.24, 2.45) is 17.6 Å². The van der Waals surface area contributed by atoms with Crippen LogP contribution in [0.2, 0.25) is 0 Å². The zero-order chi connectivity index (χ0) is 9.52. The number of nitrogens with two attached hydrogens (primary N) is 1. The number of aliphatic hydroxyl groups is 1. The van der Waals surface area contributed by atoms with Gasteiger partial charge in [-0.15, -0.1) is 0 Å². The van der Waals surface area contributed by atoms with Crippen LogP contribution in [0.4, 0.5) is 0 Å². The van der Waals surface area contributed by atoms with E-state index in [1.165, 1.54) is 38.5 Å². The van der Waals surface area contributed by atoms with Crippen molar-refractivity contribution < 1.29 is 5.11 Å². The Kier molecular flexibility index (Phi) is 5.40. The number of aliphatic hydroxyl groups excluding tert-OH is 1. The molecule has 1 unspecified atom stereocenters. The SMILES string of the molecule is NCC(CCO)C1CCCCCC1. The normalized spacial score (nSPS) is 22.6. The molecule has 2 heteroatoms. The molecule has 0 heterocycles. The first-order chi connectivity index (χ1) is 6.38. The summed E-state index contributed by atoms with van der Waals surface area (Å²) >= 11 is 0. The van der Waals surface area contributed by atoms with Gasteiger partial charge in [-0.2, -0.15) is 0 Å². The molecule has 0 bridgehead atoms. The Labute approximate surface area is 81.5 Å². The molecule has 0 aliphatic heterocycles. The number of hydrogen-bond donors (Lipinski definition) is 2. The summed E-state index contributed by atoms with van der Waals surface area (Å²) in [6, 6.07) is 0. The van der Waals surface area contributed by atoms with Gasteiger partial charge in [0.15, 0.2) is 0 Å². The van der Waals surface area contributed by atoms with E-state index in [9.17, 15) is 0 Å². The van der Waals surface area contributed by atoms with Crippen molar-refractivity contribution in [2.45, 2.75) is 44.9 Å². The van der Waals surface area contributed by atoms with Crippen molar-refractivity contribution in [3.05, 3.63) is 0 Å². The van der Waals surface area contributed by atoms with Gasteiger partial charge >= 0.3 is 0 Å².